The number of esters is 12. The lowest BCUT2D eigenvalue weighted by atomic mass is 9.71. The molecule has 0 radical (unpaired) electrons. The second kappa shape index (κ2) is 55.0. The van der Waals surface area contributed by atoms with E-state index in [9.17, 15) is 67.1 Å². The largest absolute Gasteiger partial charge is 0.462 e. The van der Waals surface area contributed by atoms with Gasteiger partial charge in [-0.25, -0.2) is 9.59 Å². The van der Waals surface area contributed by atoms with Crippen molar-refractivity contribution in [3.05, 3.63) is 130 Å². The van der Waals surface area contributed by atoms with E-state index in [1.165, 1.54) is 0 Å². The minimum atomic E-state index is -2.18. The molecule has 26 nitrogen and oxygen atoms in total. The van der Waals surface area contributed by atoms with Crippen molar-refractivity contribution in [2.75, 3.05) is 13.2 Å². The molecule has 10 atom stereocenters. The predicted molar refractivity (Wildman–Crippen MR) is 443 cm³/mol. The van der Waals surface area contributed by atoms with Crippen molar-refractivity contribution < 1.29 is 124 Å². The van der Waals surface area contributed by atoms with Crippen LogP contribution in [0.15, 0.2) is 130 Å². The number of hydrogen-bond acceptors (Lipinski definition) is 26. The van der Waals surface area contributed by atoms with E-state index in [-0.39, 0.29) is 103 Å². The number of carbonyl (C=O) groups is 14. The van der Waals surface area contributed by atoms with Crippen LogP contribution in [-0.2, 0) is 124 Å². The van der Waals surface area contributed by atoms with Crippen LogP contribution in [0, 0.1) is 10.8 Å². The molecule has 0 fully saturated rings. The molecule has 0 bridgehead atoms. The first-order valence-corrected chi connectivity index (χ1v) is 41.7. The maximum Gasteiger partial charge on any atom is 0.352 e. The van der Waals surface area contributed by atoms with E-state index >= 15 is 0 Å². The Morgan fingerprint density at radius 2 is 0.568 bits per heavy atom. The van der Waals surface area contributed by atoms with Crippen molar-refractivity contribution in [2.45, 2.75) is 341 Å². The van der Waals surface area contributed by atoms with E-state index in [2.05, 4.69) is 0 Å². The Bertz CT molecular complexity index is 3540. The first kappa shape index (κ1) is 104. The molecular formula is C92H132O26. The summed E-state index contributed by atoms with van der Waals surface area (Å²) in [4.78, 5) is 191. The zero-order valence-electron chi connectivity index (χ0n) is 73.4. The van der Waals surface area contributed by atoms with Gasteiger partial charge in [-0.15, -0.1) is 0 Å². The molecule has 2 aliphatic carbocycles. The number of rotatable bonds is 52. The average molecular weight is 1650 g/mol. The van der Waals surface area contributed by atoms with Gasteiger partial charge in [-0.2, -0.15) is 0 Å². The van der Waals surface area contributed by atoms with E-state index in [4.69, 9.17) is 56.8 Å². The van der Waals surface area contributed by atoms with Crippen LogP contribution < -0.4 is 0 Å². The molecule has 2 unspecified atom stereocenters. The standard InChI is InChI=1S/C92H132O26/c1-21-35-71(93)107-57-69(109-73(95)37-23-3)83(113-75(97)39-25-5)85(115-77(99)41-27-7)87(117-79(101)43-29-9)89(105)111-67-55-91(17,18)65(63(15)81(67)103)53-51-61(13)49-33-47-59(11)45-31-32-46-60(12)48-34-50-62(14)52-54-66-64(16)82(104)68(56-92(66,19)20)112-90(106)88(118-80(102)44-30-10)86(116-78(100)42-28-8)84(114-76(98)40-26-6)70(110-74(96)38-24-4)58-108-72(94)36-22-2/h31-34,45-54,67-70,83-88H,21-30,35-44,55-58H2,1-20H3/b32-31+,47-33+,48-34+,53-51+,54-52+,59-45+,60-46+,61-49+,62-50+/t67?,68?,69-,70-,83-,84-,85+,86+,87-,88-/m1/s1. The molecule has 0 saturated heterocycles. The van der Waals surface area contributed by atoms with Gasteiger partial charge in [-0.1, -0.05) is 204 Å². The molecule has 2 rings (SSSR count). The van der Waals surface area contributed by atoms with Gasteiger partial charge in [0.25, 0.3) is 0 Å². The van der Waals surface area contributed by atoms with E-state index in [1.807, 2.05) is 140 Å². The van der Waals surface area contributed by atoms with Gasteiger partial charge in [0.05, 0.1) is 0 Å². The van der Waals surface area contributed by atoms with Gasteiger partial charge in [-0.05, 0) is 139 Å². The van der Waals surface area contributed by atoms with Crippen LogP contribution in [0.25, 0.3) is 0 Å². The number of hydrogen-bond donors (Lipinski definition) is 0. The second-order valence-corrected chi connectivity index (χ2v) is 30.8. The van der Waals surface area contributed by atoms with Gasteiger partial charge in [-0.3, -0.25) is 57.5 Å². The van der Waals surface area contributed by atoms with Crippen LogP contribution in [0.2, 0.25) is 0 Å². The maximum absolute atomic E-state index is 14.8. The third-order valence-electron chi connectivity index (χ3n) is 18.7. The third kappa shape index (κ3) is 37.4. The first-order valence-electron chi connectivity index (χ1n) is 41.7. The van der Waals surface area contributed by atoms with Crippen molar-refractivity contribution >= 4 is 83.2 Å². The summed E-state index contributed by atoms with van der Waals surface area (Å²) < 4.78 is 69.6. The zero-order valence-corrected chi connectivity index (χ0v) is 73.4. The van der Waals surface area contributed by atoms with Crippen molar-refractivity contribution in [1.29, 1.82) is 0 Å². The fourth-order valence-corrected chi connectivity index (χ4v) is 12.6. The van der Waals surface area contributed by atoms with Crippen molar-refractivity contribution in [1.82, 2.24) is 0 Å². The van der Waals surface area contributed by atoms with Crippen molar-refractivity contribution in [2.24, 2.45) is 10.8 Å². The predicted octanol–water partition coefficient (Wildman–Crippen LogP) is 16.4. The minimum Gasteiger partial charge on any atom is -0.462 e. The maximum atomic E-state index is 14.8. The third-order valence-corrected chi connectivity index (χ3v) is 18.7. The molecule has 0 N–H and O–H groups in total. The summed E-state index contributed by atoms with van der Waals surface area (Å²) in [7, 11) is 0. The zero-order chi connectivity index (χ0) is 88.8. The lowest BCUT2D eigenvalue weighted by molar-refractivity contribution is -0.212. The fraction of sp³-hybridized carbons (Fsp3) is 0.609. The summed E-state index contributed by atoms with van der Waals surface area (Å²) in [6.45, 7) is 34.1. The monoisotopic (exact) mass is 1650 g/mol. The second-order valence-electron chi connectivity index (χ2n) is 30.8. The molecule has 2 aliphatic rings. The number of carbonyl (C=O) groups excluding carboxylic acids is 14. The Morgan fingerprint density at radius 3 is 0.847 bits per heavy atom. The number of Topliss-reactive ketones (excluding diaryl/α,β-unsaturated/α-hetero) is 2. The molecule has 0 aromatic rings. The van der Waals surface area contributed by atoms with Gasteiger partial charge >= 0.3 is 71.6 Å². The van der Waals surface area contributed by atoms with E-state index in [0.717, 1.165) is 22.3 Å². The van der Waals surface area contributed by atoms with Crippen molar-refractivity contribution in [3.8, 4) is 0 Å². The molecule has 0 amide bonds. The highest BCUT2D eigenvalue weighted by Crippen LogP contribution is 2.43. The Hall–Kier alpha value is -9.88. The lowest BCUT2D eigenvalue weighted by Gasteiger charge is -2.38. The quantitative estimate of drug-likeness (QED) is 0.0310. The van der Waals surface area contributed by atoms with Crippen molar-refractivity contribution in [3.63, 3.8) is 0 Å². The highest BCUT2D eigenvalue weighted by molar-refractivity contribution is 6.03. The van der Waals surface area contributed by atoms with Gasteiger partial charge in [0.1, 0.15) is 13.2 Å². The minimum absolute atomic E-state index is 0.0146. The molecule has 0 aliphatic heterocycles. The normalized spacial score (nSPS) is 18.1. The SMILES string of the molecule is CCCC(=O)OC[C@@H](OC(=O)CCC)[C@@H](OC(=O)CCC)[C@H](OC(=O)CCC)[C@@H](OC(=O)CCC)C(=O)OC1CC(C)(C)C(/C=C/C(C)=C/C=C/C(C)=C/C=C/C=C(C)/C=C/C=C(C)/C=C/C2=C(C)C(=O)C(OC(=O)[C@H](OC(=O)CCC)[C@@H](OC(=O)CCC)[C@H](OC(=O)CCC)[C@@H](COC(=O)CCC)OC(=O)CCC)CC2(C)C)=C(C)C1=O. The highest BCUT2D eigenvalue weighted by atomic mass is 16.7. The van der Waals surface area contributed by atoms with E-state index < -0.39 is 168 Å². The smallest absolute Gasteiger partial charge is 0.352 e. The Balaban J connectivity index is 2.46. The highest BCUT2D eigenvalue weighted by Gasteiger charge is 2.53. The lowest BCUT2D eigenvalue weighted by Crippen LogP contribution is -2.56. The van der Waals surface area contributed by atoms with Crippen LogP contribution in [0.3, 0.4) is 0 Å². The number of allylic oxidation sites excluding steroid dienone is 20. The molecule has 0 heterocycles. The summed E-state index contributed by atoms with van der Waals surface area (Å²) in [6.07, 6.45) is 9.85. The molecule has 118 heavy (non-hydrogen) atoms. The molecule has 0 spiro atoms. The van der Waals surface area contributed by atoms with Crippen LogP contribution in [-0.4, -0.2) is 157 Å². The van der Waals surface area contributed by atoms with Gasteiger partial charge in [0.2, 0.25) is 12.2 Å². The Labute approximate surface area is 698 Å². The van der Waals surface area contributed by atoms with Gasteiger partial charge in [0, 0.05) is 77.0 Å². The Kier molecular flexibility index (Phi) is 48.6. The van der Waals surface area contributed by atoms with E-state index in [0.29, 0.717) is 60.8 Å². The Morgan fingerprint density at radius 1 is 0.331 bits per heavy atom. The molecular weight excluding hydrogens is 1520 g/mol. The number of ketones is 2. The fourth-order valence-electron chi connectivity index (χ4n) is 12.6. The van der Waals surface area contributed by atoms with Gasteiger partial charge in [0.15, 0.2) is 60.4 Å². The van der Waals surface area contributed by atoms with Crippen LogP contribution in [0.5, 0.6) is 0 Å². The summed E-state index contributed by atoms with van der Waals surface area (Å²) in [5.41, 5.74) is 3.91. The van der Waals surface area contributed by atoms with Crippen LogP contribution in [0.4, 0.5) is 0 Å². The average Bonchev–Trinajstić information content (AvgIpc) is 0.781. The molecule has 0 aromatic heterocycles. The topological polar surface area (TPSA) is 350 Å². The van der Waals surface area contributed by atoms with Gasteiger partial charge < -0.3 is 56.8 Å². The van der Waals surface area contributed by atoms with Crippen LogP contribution in [0.1, 0.15) is 280 Å². The summed E-state index contributed by atoms with van der Waals surface area (Å²) >= 11 is 0. The summed E-state index contributed by atoms with van der Waals surface area (Å²) in [5.74, 6) is -12.0. The molecule has 0 aromatic carbocycles. The molecule has 26 heteroatoms. The van der Waals surface area contributed by atoms with E-state index in [1.54, 1.807) is 83.1 Å². The summed E-state index contributed by atoms with van der Waals surface area (Å²) in [5, 5.41) is 0. The van der Waals surface area contributed by atoms with Crippen LogP contribution >= 0.6 is 0 Å². The molecule has 0 saturated carbocycles. The summed E-state index contributed by atoms with van der Waals surface area (Å²) in [6, 6.07) is 0. The number of ether oxygens (including phenoxy) is 12. The first-order chi connectivity index (χ1) is 55.8. The molecule has 656 valence electrons.